The number of aromatic nitrogens is 1. The van der Waals surface area contributed by atoms with Gasteiger partial charge in [-0.15, -0.1) is 0 Å². The lowest BCUT2D eigenvalue weighted by Gasteiger charge is -2.10. The summed E-state index contributed by atoms with van der Waals surface area (Å²) in [7, 11) is -3.57. The third kappa shape index (κ3) is 6.47. The van der Waals surface area contributed by atoms with Gasteiger partial charge in [-0.25, -0.2) is 13.1 Å². The number of hydrogen-bond acceptors (Lipinski definition) is 4. The van der Waals surface area contributed by atoms with Crippen molar-refractivity contribution in [2.75, 3.05) is 5.75 Å². The van der Waals surface area contributed by atoms with Crippen molar-refractivity contribution in [3.05, 3.63) is 36.2 Å². The third-order valence-corrected chi connectivity index (χ3v) is 4.19. The average molecular weight is 296 g/mol. The molecule has 0 spiro atoms. The zero-order valence-electron chi connectivity index (χ0n) is 11.7. The lowest BCUT2D eigenvalue weighted by molar-refractivity contribution is -0.114. The molecule has 0 saturated carbocycles. The number of amides is 1. The van der Waals surface area contributed by atoms with Gasteiger partial charge in [0, 0.05) is 18.5 Å². The highest BCUT2D eigenvalue weighted by molar-refractivity contribution is 7.90. The van der Waals surface area contributed by atoms with E-state index < -0.39 is 15.9 Å². The van der Waals surface area contributed by atoms with Gasteiger partial charge < -0.3 is 0 Å². The second-order valence-electron chi connectivity index (χ2n) is 4.76. The van der Waals surface area contributed by atoms with Gasteiger partial charge in [-0.3, -0.25) is 9.78 Å². The van der Waals surface area contributed by atoms with E-state index in [0.717, 1.165) is 18.4 Å². The van der Waals surface area contributed by atoms with Crippen LogP contribution in [0.4, 0.5) is 0 Å². The molecular formula is C14H20N2O3S. The molecule has 1 N–H and O–H groups in total. The molecule has 110 valence electrons. The molecule has 0 saturated heterocycles. The SMILES string of the molecule is CCCC(C)CS(=O)(=O)NC(=O)C=Cc1ccncc1. The van der Waals surface area contributed by atoms with E-state index >= 15 is 0 Å². The van der Waals surface area contributed by atoms with Gasteiger partial charge in [0.25, 0.3) is 5.91 Å². The first-order valence-electron chi connectivity index (χ1n) is 6.55. The zero-order valence-corrected chi connectivity index (χ0v) is 12.6. The molecule has 0 bridgehead atoms. The van der Waals surface area contributed by atoms with Crippen molar-refractivity contribution >= 4 is 22.0 Å². The van der Waals surface area contributed by atoms with Gasteiger partial charge >= 0.3 is 0 Å². The Morgan fingerprint density at radius 3 is 2.65 bits per heavy atom. The van der Waals surface area contributed by atoms with Gasteiger partial charge in [-0.2, -0.15) is 0 Å². The number of pyridine rings is 1. The van der Waals surface area contributed by atoms with Crippen LogP contribution in [0.3, 0.4) is 0 Å². The fraction of sp³-hybridized carbons (Fsp3) is 0.429. The molecule has 0 aromatic carbocycles. The first kappa shape index (κ1) is 16.4. The summed E-state index contributed by atoms with van der Waals surface area (Å²) in [6, 6.07) is 3.45. The van der Waals surface area contributed by atoms with Gasteiger partial charge in [-0.05, 0) is 36.1 Å². The van der Waals surface area contributed by atoms with Gasteiger partial charge in [-0.1, -0.05) is 20.3 Å². The fourth-order valence-electron chi connectivity index (χ4n) is 1.83. The van der Waals surface area contributed by atoms with E-state index in [2.05, 4.69) is 4.98 Å². The molecular weight excluding hydrogens is 276 g/mol. The van der Waals surface area contributed by atoms with Gasteiger partial charge in [0.15, 0.2) is 0 Å². The Kier molecular flexibility index (Phi) is 6.38. The number of nitrogens with zero attached hydrogens (tertiary/aromatic N) is 1. The van der Waals surface area contributed by atoms with Crippen LogP contribution in [0.25, 0.3) is 6.08 Å². The molecule has 1 heterocycles. The van der Waals surface area contributed by atoms with Crippen LogP contribution in [0.1, 0.15) is 32.3 Å². The van der Waals surface area contributed by atoms with Crippen LogP contribution in [-0.4, -0.2) is 25.1 Å². The van der Waals surface area contributed by atoms with Crippen LogP contribution in [0.5, 0.6) is 0 Å². The first-order chi connectivity index (χ1) is 9.43. The van der Waals surface area contributed by atoms with Crippen LogP contribution in [-0.2, 0) is 14.8 Å². The molecule has 1 atom stereocenters. The molecule has 1 unspecified atom stereocenters. The van der Waals surface area contributed by atoms with Gasteiger partial charge in [0.1, 0.15) is 0 Å². The van der Waals surface area contributed by atoms with E-state index in [-0.39, 0.29) is 11.7 Å². The van der Waals surface area contributed by atoms with Gasteiger partial charge in [0.05, 0.1) is 5.75 Å². The number of nitrogens with one attached hydrogen (secondary N) is 1. The Morgan fingerprint density at radius 2 is 2.05 bits per heavy atom. The van der Waals surface area contributed by atoms with E-state index in [1.165, 1.54) is 6.08 Å². The Morgan fingerprint density at radius 1 is 1.40 bits per heavy atom. The van der Waals surface area contributed by atoms with Crippen molar-refractivity contribution in [2.45, 2.75) is 26.7 Å². The topological polar surface area (TPSA) is 76.1 Å². The lowest BCUT2D eigenvalue weighted by atomic mass is 10.1. The van der Waals surface area contributed by atoms with Gasteiger partial charge in [0.2, 0.25) is 10.0 Å². The highest BCUT2D eigenvalue weighted by Gasteiger charge is 2.16. The second kappa shape index (κ2) is 7.79. The predicted molar refractivity (Wildman–Crippen MR) is 79.3 cm³/mol. The highest BCUT2D eigenvalue weighted by atomic mass is 32.2. The molecule has 1 aromatic rings. The summed E-state index contributed by atoms with van der Waals surface area (Å²) in [6.07, 6.45) is 7.69. The lowest BCUT2D eigenvalue weighted by Crippen LogP contribution is -2.33. The molecule has 5 nitrogen and oxygen atoms in total. The van der Waals surface area contributed by atoms with E-state index in [0.29, 0.717) is 0 Å². The highest BCUT2D eigenvalue weighted by Crippen LogP contribution is 2.07. The summed E-state index contributed by atoms with van der Waals surface area (Å²) in [5.74, 6) is -0.629. The van der Waals surface area contributed by atoms with E-state index in [1.54, 1.807) is 30.6 Å². The number of carbonyl (C=O) groups excluding carboxylic acids is 1. The maximum atomic E-state index is 11.8. The molecule has 0 aliphatic heterocycles. The molecule has 0 radical (unpaired) electrons. The van der Waals surface area contributed by atoms with E-state index in [4.69, 9.17) is 0 Å². The summed E-state index contributed by atoms with van der Waals surface area (Å²) in [6.45, 7) is 3.86. The summed E-state index contributed by atoms with van der Waals surface area (Å²) in [4.78, 5) is 15.4. The molecule has 0 fully saturated rings. The van der Waals surface area contributed by atoms with Crippen molar-refractivity contribution in [3.63, 3.8) is 0 Å². The van der Waals surface area contributed by atoms with Crippen LogP contribution in [0.2, 0.25) is 0 Å². The summed E-state index contributed by atoms with van der Waals surface area (Å²) >= 11 is 0. The minimum Gasteiger partial charge on any atom is -0.269 e. The van der Waals surface area contributed by atoms with Crippen LogP contribution in [0.15, 0.2) is 30.6 Å². The summed E-state index contributed by atoms with van der Waals surface area (Å²) in [5.41, 5.74) is 0.784. The molecule has 1 amide bonds. The molecule has 1 rings (SSSR count). The Hall–Kier alpha value is -1.69. The summed E-state index contributed by atoms with van der Waals surface area (Å²) in [5, 5.41) is 0. The Labute approximate surface area is 120 Å². The molecule has 1 aromatic heterocycles. The smallest absolute Gasteiger partial charge is 0.257 e. The second-order valence-corrected chi connectivity index (χ2v) is 6.52. The molecule has 0 aliphatic rings. The quantitative estimate of drug-likeness (QED) is 0.781. The fourth-order valence-corrected chi connectivity index (χ4v) is 3.20. The average Bonchev–Trinajstić information content (AvgIpc) is 2.36. The number of hydrogen-bond donors (Lipinski definition) is 1. The minimum atomic E-state index is -3.57. The largest absolute Gasteiger partial charge is 0.269 e. The third-order valence-electron chi connectivity index (χ3n) is 2.67. The maximum Gasteiger partial charge on any atom is 0.257 e. The predicted octanol–water partition coefficient (Wildman–Crippen LogP) is 1.98. The van der Waals surface area contributed by atoms with Crippen molar-refractivity contribution in [3.8, 4) is 0 Å². The first-order valence-corrected chi connectivity index (χ1v) is 8.20. The summed E-state index contributed by atoms with van der Waals surface area (Å²) < 4.78 is 25.6. The monoisotopic (exact) mass is 296 g/mol. The standard InChI is InChI=1S/C14H20N2O3S/c1-3-4-12(2)11-20(18,19)16-14(17)6-5-13-7-9-15-10-8-13/h5-10,12H,3-4,11H2,1-2H3,(H,16,17). The molecule has 6 heteroatoms. The van der Waals surface area contributed by atoms with Crippen molar-refractivity contribution in [2.24, 2.45) is 5.92 Å². The maximum absolute atomic E-state index is 11.8. The number of sulfonamides is 1. The Bertz CT molecular complexity index is 553. The van der Waals surface area contributed by atoms with Crippen molar-refractivity contribution < 1.29 is 13.2 Å². The number of carbonyl (C=O) groups is 1. The normalized spacial score (nSPS) is 13.3. The van der Waals surface area contributed by atoms with E-state index in [1.807, 2.05) is 18.6 Å². The van der Waals surface area contributed by atoms with Crippen LogP contribution >= 0.6 is 0 Å². The Balaban J connectivity index is 2.55. The van der Waals surface area contributed by atoms with Crippen molar-refractivity contribution in [1.82, 2.24) is 9.71 Å². The van der Waals surface area contributed by atoms with Crippen LogP contribution in [0, 0.1) is 5.92 Å². The molecule has 20 heavy (non-hydrogen) atoms. The minimum absolute atomic E-state index is 0.0321. The zero-order chi connectivity index (χ0) is 15.0. The van der Waals surface area contributed by atoms with Crippen molar-refractivity contribution in [1.29, 1.82) is 0 Å². The molecule has 0 aliphatic carbocycles. The number of rotatable bonds is 7. The van der Waals surface area contributed by atoms with E-state index in [9.17, 15) is 13.2 Å². The van der Waals surface area contributed by atoms with Crippen LogP contribution < -0.4 is 4.72 Å².